The Morgan fingerprint density at radius 2 is 1.95 bits per heavy atom. The van der Waals surface area contributed by atoms with Crippen LogP contribution in [0.5, 0.6) is 0 Å². The van der Waals surface area contributed by atoms with Crippen molar-refractivity contribution in [1.29, 1.82) is 0 Å². The summed E-state index contributed by atoms with van der Waals surface area (Å²) >= 11 is 0. The van der Waals surface area contributed by atoms with Gasteiger partial charge in [0.25, 0.3) is 0 Å². The van der Waals surface area contributed by atoms with Crippen LogP contribution in [0.1, 0.15) is 42.9 Å². The molecule has 1 aliphatic rings. The number of aryl methyl sites for hydroxylation is 1. The zero-order chi connectivity index (χ0) is 15.5. The molecular weight excluding hydrogens is 276 g/mol. The third kappa shape index (κ3) is 3.77. The van der Waals surface area contributed by atoms with Gasteiger partial charge in [-0.05, 0) is 56.5 Å². The van der Waals surface area contributed by atoms with E-state index in [4.69, 9.17) is 4.42 Å². The Balaban J connectivity index is 1.53. The molecule has 2 aromatic rings. The summed E-state index contributed by atoms with van der Waals surface area (Å²) in [5.74, 6) is 2.25. The number of nitrogens with one attached hydrogen (secondary N) is 2. The van der Waals surface area contributed by atoms with Crippen molar-refractivity contribution in [3.8, 4) is 0 Å². The van der Waals surface area contributed by atoms with Crippen molar-refractivity contribution >= 4 is 11.6 Å². The lowest BCUT2D eigenvalue weighted by Crippen LogP contribution is -2.18. The molecule has 1 aliphatic carbocycles. The van der Waals surface area contributed by atoms with Gasteiger partial charge in [-0.15, -0.1) is 0 Å². The third-order valence-electron chi connectivity index (χ3n) is 4.00. The van der Waals surface area contributed by atoms with Gasteiger partial charge < -0.3 is 15.1 Å². The summed E-state index contributed by atoms with van der Waals surface area (Å²) in [4.78, 5) is 11.7. The van der Waals surface area contributed by atoms with E-state index in [1.165, 1.54) is 5.56 Å². The van der Waals surface area contributed by atoms with Gasteiger partial charge in [-0.25, -0.2) is 0 Å². The van der Waals surface area contributed by atoms with Gasteiger partial charge in [0.1, 0.15) is 11.5 Å². The van der Waals surface area contributed by atoms with E-state index in [1.807, 2.05) is 43.3 Å². The molecule has 22 heavy (non-hydrogen) atoms. The van der Waals surface area contributed by atoms with E-state index in [-0.39, 0.29) is 17.9 Å². The van der Waals surface area contributed by atoms with E-state index in [9.17, 15) is 4.79 Å². The second-order valence-corrected chi connectivity index (χ2v) is 6.00. The second kappa shape index (κ2) is 6.36. The highest BCUT2D eigenvalue weighted by atomic mass is 16.3. The zero-order valence-corrected chi connectivity index (χ0v) is 13.1. The van der Waals surface area contributed by atoms with Gasteiger partial charge in [0.15, 0.2) is 0 Å². The van der Waals surface area contributed by atoms with E-state index >= 15 is 0 Å². The molecule has 0 spiro atoms. The minimum Gasteiger partial charge on any atom is -0.465 e. The molecule has 1 saturated carbocycles. The Labute approximate surface area is 130 Å². The predicted molar refractivity (Wildman–Crippen MR) is 86.5 cm³/mol. The SMILES string of the molecule is Cc1ccc(CN[C@H](C)c2ccc(NC(=O)C3CC3)cc2)o1. The van der Waals surface area contributed by atoms with E-state index < -0.39 is 0 Å². The summed E-state index contributed by atoms with van der Waals surface area (Å²) in [5.41, 5.74) is 2.06. The maximum Gasteiger partial charge on any atom is 0.227 e. The van der Waals surface area contributed by atoms with Crippen LogP contribution in [0.2, 0.25) is 0 Å². The number of benzene rings is 1. The van der Waals surface area contributed by atoms with Crippen LogP contribution in [-0.4, -0.2) is 5.91 Å². The molecule has 0 saturated heterocycles. The Hall–Kier alpha value is -2.07. The first-order valence-electron chi connectivity index (χ1n) is 7.81. The molecule has 1 amide bonds. The first-order valence-corrected chi connectivity index (χ1v) is 7.81. The topological polar surface area (TPSA) is 54.3 Å². The average molecular weight is 298 g/mol. The maximum atomic E-state index is 11.7. The van der Waals surface area contributed by atoms with Crippen LogP contribution in [0, 0.1) is 12.8 Å². The van der Waals surface area contributed by atoms with Gasteiger partial charge in [0, 0.05) is 17.6 Å². The summed E-state index contributed by atoms with van der Waals surface area (Å²) in [6.45, 7) is 4.77. The van der Waals surface area contributed by atoms with Crippen molar-refractivity contribution in [2.75, 3.05) is 5.32 Å². The third-order valence-corrected chi connectivity index (χ3v) is 4.00. The molecule has 1 atom stereocenters. The lowest BCUT2D eigenvalue weighted by Gasteiger charge is -2.14. The molecule has 0 unspecified atom stereocenters. The van der Waals surface area contributed by atoms with Gasteiger partial charge in [-0.2, -0.15) is 0 Å². The van der Waals surface area contributed by atoms with E-state index in [2.05, 4.69) is 17.6 Å². The van der Waals surface area contributed by atoms with E-state index in [0.717, 1.165) is 30.0 Å². The minimum absolute atomic E-state index is 0.145. The summed E-state index contributed by atoms with van der Waals surface area (Å²) in [7, 11) is 0. The summed E-state index contributed by atoms with van der Waals surface area (Å²) in [6, 6.07) is 12.2. The minimum atomic E-state index is 0.145. The maximum absolute atomic E-state index is 11.7. The lowest BCUT2D eigenvalue weighted by atomic mass is 10.1. The molecule has 116 valence electrons. The summed E-state index contributed by atoms with van der Waals surface area (Å²) in [5, 5.41) is 6.39. The van der Waals surface area contributed by atoms with Crippen LogP contribution in [0.3, 0.4) is 0 Å². The molecule has 0 bridgehead atoms. The molecule has 1 fully saturated rings. The van der Waals surface area contributed by atoms with Crippen LogP contribution in [0.25, 0.3) is 0 Å². The molecule has 0 radical (unpaired) electrons. The number of carbonyl (C=O) groups excluding carboxylic acids is 1. The Morgan fingerprint density at radius 3 is 2.55 bits per heavy atom. The van der Waals surface area contributed by atoms with E-state index in [0.29, 0.717) is 6.54 Å². The fourth-order valence-corrected chi connectivity index (χ4v) is 2.40. The molecule has 1 aromatic heterocycles. The van der Waals surface area contributed by atoms with Crippen molar-refractivity contribution < 1.29 is 9.21 Å². The molecule has 1 heterocycles. The molecule has 0 aliphatic heterocycles. The molecule has 1 aromatic carbocycles. The summed E-state index contributed by atoms with van der Waals surface area (Å²) < 4.78 is 5.55. The van der Waals surface area contributed by atoms with Crippen LogP contribution >= 0.6 is 0 Å². The number of furan rings is 1. The van der Waals surface area contributed by atoms with Crippen LogP contribution in [0.15, 0.2) is 40.8 Å². The van der Waals surface area contributed by atoms with Crippen molar-refractivity contribution in [1.82, 2.24) is 5.32 Å². The monoisotopic (exact) mass is 298 g/mol. The molecule has 3 rings (SSSR count). The van der Waals surface area contributed by atoms with Crippen LogP contribution in [-0.2, 0) is 11.3 Å². The number of rotatable bonds is 6. The second-order valence-electron chi connectivity index (χ2n) is 6.00. The van der Waals surface area contributed by atoms with Crippen LogP contribution < -0.4 is 10.6 Å². The highest BCUT2D eigenvalue weighted by Gasteiger charge is 2.29. The van der Waals surface area contributed by atoms with E-state index in [1.54, 1.807) is 0 Å². The van der Waals surface area contributed by atoms with Gasteiger partial charge in [-0.3, -0.25) is 4.79 Å². The predicted octanol–water partition coefficient (Wildman–Crippen LogP) is 3.79. The van der Waals surface area contributed by atoms with Gasteiger partial charge in [0.2, 0.25) is 5.91 Å². The van der Waals surface area contributed by atoms with Crippen molar-refractivity contribution in [2.24, 2.45) is 5.92 Å². The smallest absolute Gasteiger partial charge is 0.227 e. The number of carbonyl (C=O) groups is 1. The number of hydrogen-bond donors (Lipinski definition) is 2. The molecular formula is C18H22N2O2. The standard InChI is InChI=1S/C18H22N2O2/c1-12-3-10-17(22-12)11-19-13(2)14-6-8-16(9-7-14)20-18(21)15-4-5-15/h3,6-10,13,15,19H,4-5,11H2,1-2H3,(H,20,21)/t13-/m1/s1. The highest BCUT2D eigenvalue weighted by Crippen LogP contribution is 2.30. The fraction of sp³-hybridized carbons (Fsp3) is 0.389. The highest BCUT2D eigenvalue weighted by molar-refractivity contribution is 5.93. The first-order chi connectivity index (χ1) is 10.6. The Kier molecular flexibility index (Phi) is 4.29. The Morgan fingerprint density at radius 1 is 1.23 bits per heavy atom. The zero-order valence-electron chi connectivity index (χ0n) is 13.1. The number of hydrogen-bond acceptors (Lipinski definition) is 3. The molecule has 4 nitrogen and oxygen atoms in total. The lowest BCUT2D eigenvalue weighted by molar-refractivity contribution is -0.117. The molecule has 4 heteroatoms. The van der Waals surface area contributed by atoms with Crippen LogP contribution in [0.4, 0.5) is 5.69 Å². The van der Waals surface area contributed by atoms with Gasteiger partial charge in [-0.1, -0.05) is 12.1 Å². The first kappa shape index (κ1) is 14.9. The number of anilines is 1. The summed E-state index contributed by atoms with van der Waals surface area (Å²) in [6.07, 6.45) is 2.05. The van der Waals surface area contributed by atoms with Gasteiger partial charge in [0.05, 0.1) is 6.54 Å². The Bertz CT molecular complexity index is 641. The van der Waals surface area contributed by atoms with Crippen molar-refractivity contribution in [2.45, 2.75) is 39.3 Å². The van der Waals surface area contributed by atoms with Crippen molar-refractivity contribution in [3.63, 3.8) is 0 Å². The largest absolute Gasteiger partial charge is 0.465 e. The quantitative estimate of drug-likeness (QED) is 0.853. The van der Waals surface area contributed by atoms with Crippen molar-refractivity contribution in [3.05, 3.63) is 53.5 Å². The normalized spacial score (nSPS) is 15.5. The van der Waals surface area contributed by atoms with Gasteiger partial charge >= 0.3 is 0 Å². The number of amides is 1. The fourth-order valence-electron chi connectivity index (χ4n) is 2.40. The average Bonchev–Trinajstić information content (AvgIpc) is 3.29. The molecule has 2 N–H and O–H groups in total.